The van der Waals surface area contributed by atoms with Crippen LogP contribution in [0.2, 0.25) is 0 Å². The molecular formula is C20H24N2O4S. The van der Waals surface area contributed by atoms with Gasteiger partial charge in [-0.25, -0.2) is 4.79 Å². The van der Waals surface area contributed by atoms with E-state index in [1.165, 1.54) is 26.0 Å². The Hall–Kier alpha value is -2.67. The summed E-state index contributed by atoms with van der Waals surface area (Å²) in [6.45, 7) is 2.86. The highest BCUT2D eigenvalue weighted by Crippen LogP contribution is 2.19. The number of hydrogen-bond donors (Lipinski definition) is 2. The van der Waals surface area contributed by atoms with Crippen molar-refractivity contribution in [2.75, 3.05) is 13.7 Å². The molecule has 2 N–H and O–H groups in total. The molecule has 0 radical (unpaired) electrons. The van der Waals surface area contributed by atoms with E-state index in [1.807, 2.05) is 24.3 Å². The number of benzene rings is 1. The van der Waals surface area contributed by atoms with Crippen LogP contribution in [0.4, 0.5) is 0 Å². The van der Waals surface area contributed by atoms with Gasteiger partial charge in [-0.3, -0.25) is 9.78 Å². The maximum Gasteiger partial charge on any atom is 0.339 e. The molecule has 1 aromatic heterocycles. The average molecular weight is 388 g/mol. The van der Waals surface area contributed by atoms with Crippen molar-refractivity contribution >= 4 is 29.8 Å². The van der Waals surface area contributed by atoms with Gasteiger partial charge in [-0.15, -0.1) is 0 Å². The van der Waals surface area contributed by atoms with E-state index in [4.69, 9.17) is 21.7 Å². The fraction of sp³-hybridized carbons (Fsp3) is 0.350. The van der Waals surface area contributed by atoms with Crippen LogP contribution < -0.4 is 10.3 Å². The van der Waals surface area contributed by atoms with Crippen LogP contribution in [0.1, 0.15) is 43.9 Å². The van der Waals surface area contributed by atoms with E-state index >= 15 is 0 Å². The number of esters is 1. The van der Waals surface area contributed by atoms with Crippen molar-refractivity contribution in [3.05, 3.63) is 56.7 Å². The van der Waals surface area contributed by atoms with Crippen molar-refractivity contribution in [2.45, 2.75) is 32.6 Å². The number of nitrogens with one attached hydrogen (secondary N) is 2. The Morgan fingerprint density at radius 1 is 1.15 bits per heavy atom. The zero-order valence-corrected chi connectivity index (χ0v) is 16.4. The summed E-state index contributed by atoms with van der Waals surface area (Å²) in [5.41, 5.74) is 0.887. The van der Waals surface area contributed by atoms with E-state index in [-0.39, 0.29) is 10.3 Å². The Morgan fingerprint density at radius 3 is 2.52 bits per heavy atom. The van der Waals surface area contributed by atoms with E-state index in [0.717, 1.165) is 24.2 Å². The number of ether oxygens (including phenoxy) is 2. The first-order valence-corrected chi connectivity index (χ1v) is 9.31. The Balaban J connectivity index is 2.18. The van der Waals surface area contributed by atoms with Crippen LogP contribution in [0, 0.1) is 4.77 Å². The predicted octanol–water partition coefficient (Wildman–Crippen LogP) is 4.11. The third-order valence-corrected chi connectivity index (χ3v) is 4.12. The van der Waals surface area contributed by atoms with Crippen molar-refractivity contribution in [1.82, 2.24) is 9.97 Å². The van der Waals surface area contributed by atoms with Gasteiger partial charge in [0.25, 0.3) is 5.56 Å². The molecule has 144 valence electrons. The summed E-state index contributed by atoms with van der Waals surface area (Å²) < 4.78 is 10.7. The van der Waals surface area contributed by atoms with Crippen LogP contribution >= 0.6 is 12.2 Å². The van der Waals surface area contributed by atoms with Crippen molar-refractivity contribution < 1.29 is 14.3 Å². The van der Waals surface area contributed by atoms with Gasteiger partial charge in [0.05, 0.1) is 25.0 Å². The fourth-order valence-electron chi connectivity index (χ4n) is 2.52. The van der Waals surface area contributed by atoms with Crippen LogP contribution in [0.5, 0.6) is 5.75 Å². The first-order chi connectivity index (χ1) is 13.0. The number of carbonyl (C=O) groups is 1. The minimum atomic E-state index is -0.567. The van der Waals surface area contributed by atoms with Crippen LogP contribution in [-0.4, -0.2) is 29.7 Å². The summed E-state index contributed by atoms with van der Waals surface area (Å²) in [4.78, 5) is 29.0. The molecule has 0 saturated carbocycles. The van der Waals surface area contributed by atoms with Gasteiger partial charge in [-0.1, -0.05) is 38.3 Å². The maximum absolute atomic E-state index is 12.2. The standard InChI is InChI=1S/C20H24N2O4S/c1-3-4-5-6-11-26-15-9-7-14(8-10-15)12-16(19(24)25-2)17-13-18(23)22-20(27)21-17/h7-10,12-13H,3-6,11H2,1-2H3,(H2,21,22,23,27)/b16-12-. The second kappa shape index (κ2) is 10.5. The van der Waals surface area contributed by atoms with Crippen molar-refractivity contribution in [1.29, 1.82) is 0 Å². The Kier molecular flexibility index (Phi) is 8.00. The average Bonchev–Trinajstić information content (AvgIpc) is 2.65. The number of rotatable bonds is 9. The number of unbranched alkanes of at least 4 members (excludes halogenated alkanes) is 3. The van der Waals surface area contributed by atoms with Gasteiger partial charge in [0.15, 0.2) is 4.77 Å². The molecule has 0 fully saturated rings. The Labute approximate surface area is 163 Å². The highest BCUT2D eigenvalue weighted by atomic mass is 32.1. The minimum absolute atomic E-state index is 0.138. The molecule has 0 bridgehead atoms. The Morgan fingerprint density at radius 2 is 1.89 bits per heavy atom. The molecule has 6 nitrogen and oxygen atoms in total. The van der Waals surface area contributed by atoms with Crippen LogP contribution in [0.25, 0.3) is 11.6 Å². The lowest BCUT2D eigenvalue weighted by molar-refractivity contribution is -0.133. The molecule has 0 aliphatic carbocycles. The van der Waals surface area contributed by atoms with Gasteiger partial charge in [0.1, 0.15) is 5.75 Å². The smallest absolute Gasteiger partial charge is 0.339 e. The van der Waals surface area contributed by atoms with Crippen LogP contribution in [-0.2, 0) is 9.53 Å². The third-order valence-electron chi connectivity index (χ3n) is 3.91. The summed E-state index contributed by atoms with van der Waals surface area (Å²) in [5.74, 6) is 0.210. The van der Waals surface area contributed by atoms with Crippen LogP contribution in [0.15, 0.2) is 35.1 Å². The molecule has 0 atom stereocenters. The first kappa shape index (κ1) is 20.6. The van der Waals surface area contributed by atoms with Gasteiger partial charge >= 0.3 is 5.97 Å². The zero-order chi connectivity index (χ0) is 19.6. The molecule has 0 spiro atoms. The van der Waals surface area contributed by atoms with Crippen molar-refractivity contribution in [2.24, 2.45) is 0 Å². The molecule has 0 aliphatic heterocycles. The molecule has 0 aliphatic rings. The molecule has 1 aromatic carbocycles. The van der Waals surface area contributed by atoms with Crippen molar-refractivity contribution in [3.63, 3.8) is 0 Å². The summed E-state index contributed by atoms with van der Waals surface area (Å²) in [7, 11) is 1.29. The lowest BCUT2D eigenvalue weighted by Gasteiger charge is -2.08. The predicted molar refractivity (Wildman–Crippen MR) is 108 cm³/mol. The molecular weight excluding hydrogens is 364 g/mol. The number of aromatic nitrogens is 2. The van der Waals surface area contributed by atoms with E-state index in [2.05, 4.69) is 16.9 Å². The van der Waals surface area contributed by atoms with Gasteiger partial charge in [0, 0.05) is 6.07 Å². The first-order valence-electron chi connectivity index (χ1n) is 8.90. The van der Waals surface area contributed by atoms with Gasteiger partial charge in [-0.2, -0.15) is 0 Å². The van der Waals surface area contributed by atoms with Gasteiger partial charge < -0.3 is 14.5 Å². The number of aromatic amines is 2. The largest absolute Gasteiger partial charge is 0.494 e. The van der Waals surface area contributed by atoms with Gasteiger partial charge in [0.2, 0.25) is 0 Å². The molecule has 2 aromatic rings. The second-order valence-corrected chi connectivity index (χ2v) is 6.44. The normalized spacial score (nSPS) is 11.3. The SMILES string of the molecule is CCCCCCOc1ccc(/C=C(\C(=O)OC)c2cc(=O)[nH]c(=S)[nH]2)cc1. The maximum atomic E-state index is 12.2. The van der Waals surface area contributed by atoms with E-state index in [1.54, 1.807) is 6.08 Å². The van der Waals surface area contributed by atoms with Crippen molar-refractivity contribution in [3.8, 4) is 5.75 Å². The zero-order valence-electron chi connectivity index (χ0n) is 15.5. The summed E-state index contributed by atoms with van der Waals surface area (Å²) in [6.07, 6.45) is 6.24. The highest BCUT2D eigenvalue weighted by Gasteiger charge is 2.14. The quantitative estimate of drug-likeness (QED) is 0.292. The summed E-state index contributed by atoms with van der Waals surface area (Å²) in [5, 5.41) is 0. The van der Waals surface area contributed by atoms with E-state index in [0.29, 0.717) is 12.3 Å². The van der Waals surface area contributed by atoms with Crippen LogP contribution in [0.3, 0.4) is 0 Å². The molecule has 7 heteroatoms. The number of hydrogen-bond acceptors (Lipinski definition) is 5. The van der Waals surface area contributed by atoms with E-state index in [9.17, 15) is 9.59 Å². The number of carbonyl (C=O) groups excluding carboxylic acids is 1. The monoisotopic (exact) mass is 388 g/mol. The molecule has 1 heterocycles. The lowest BCUT2D eigenvalue weighted by atomic mass is 10.1. The fourth-order valence-corrected chi connectivity index (χ4v) is 2.73. The molecule has 27 heavy (non-hydrogen) atoms. The number of H-pyrrole nitrogens is 2. The topological polar surface area (TPSA) is 84.2 Å². The molecule has 2 rings (SSSR count). The minimum Gasteiger partial charge on any atom is -0.494 e. The number of methoxy groups -OCH3 is 1. The molecule has 0 saturated heterocycles. The Bertz CT molecular complexity index is 869. The molecule has 0 amide bonds. The lowest BCUT2D eigenvalue weighted by Crippen LogP contribution is -2.12. The molecule has 0 unspecified atom stereocenters. The van der Waals surface area contributed by atoms with Gasteiger partial charge in [-0.05, 0) is 42.4 Å². The second-order valence-electron chi connectivity index (χ2n) is 6.03. The third kappa shape index (κ3) is 6.53. The summed E-state index contributed by atoms with van der Waals surface area (Å²) >= 11 is 4.97. The highest BCUT2D eigenvalue weighted by molar-refractivity contribution is 7.71. The summed E-state index contributed by atoms with van der Waals surface area (Å²) in [6, 6.07) is 8.64. The van der Waals surface area contributed by atoms with E-state index < -0.39 is 11.5 Å².